The molecule has 31 heavy (non-hydrogen) atoms. The number of aliphatic hydroxyl groups is 1. The minimum atomic E-state index is -5.24. The third-order valence-electron chi connectivity index (χ3n) is 4.43. The van der Waals surface area contributed by atoms with Crippen molar-refractivity contribution in [1.29, 1.82) is 0 Å². The largest absolute Gasteiger partial charge is 0.423 e. The van der Waals surface area contributed by atoms with Gasteiger partial charge in [0.05, 0.1) is 12.1 Å². The van der Waals surface area contributed by atoms with E-state index in [0.717, 1.165) is 12.1 Å². The number of carbonyl (C=O) groups is 1. The first-order valence-corrected chi connectivity index (χ1v) is 9.18. The number of nitrogens with one attached hydrogen (secondary N) is 3. The minimum Gasteiger partial charge on any atom is -0.381 e. The lowest BCUT2D eigenvalue weighted by Crippen LogP contribution is -2.47. The molecule has 0 spiro atoms. The molecule has 0 fully saturated rings. The zero-order valence-electron chi connectivity index (χ0n) is 16.4. The van der Waals surface area contributed by atoms with Crippen LogP contribution in [0.3, 0.4) is 0 Å². The molecule has 2 aromatic rings. The van der Waals surface area contributed by atoms with Gasteiger partial charge in [0.15, 0.2) is 0 Å². The highest BCUT2D eigenvalue weighted by atomic mass is 19.4. The Kier molecular flexibility index (Phi) is 7.42. The summed E-state index contributed by atoms with van der Waals surface area (Å²) >= 11 is 0. The summed E-state index contributed by atoms with van der Waals surface area (Å²) in [7, 11) is 0. The SMILES string of the molecule is CCNC(=O)NCc1ccc(NC[C@](O)(c2cccc(C(F)(F)F)c2)C(F)(F)F)cc1. The monoisotopic (exact) mass is 449 g/mol. The van der Waals surface area contributed by atoms with Crippen molar-refractivity contribution >= 4 is 11.7 Å². The maximum atomic E-state index is 13.6. The van der Waals surface area contributed by atoms with Crippen LogP contribution in [0.4, 0.5) is 36.8 Å². The molecule has 0 saturated heterocycles. The van der Waals surface area contributed by atoms with Gasteiger partial charge in [-0.2, -0.15) is 26.3 Å². The van der Waals surface area contributed by atoms with E-state index in [1.165, 1.54) is 12.1 Å². The van der Waals surface area contributed by atoms with Crippen LogP contribution in [0.25, 0.3) is 0 Å². The topological polar surface area (TPSA) is 73.4 Å². The van der Waals surface area contributed by atoms with Gasteiger partial charge >= 0.3 is 18.4 Å². The summed E-state index contributed by atoms with van der Waals surface area (Å²) < 4.78 is 79.5. The quantitative estimate of drug-likeness (QED) is 0.474. The average molecular weight is 449 g/mol. The van der Waals surface area contributed by atoms with E-state index in [4.69, 9.17) is 0 Å². The number of alkyl halides is 6. The lowest BCUT2D eigenvalue weighted by atomic mass is 9.91. The first kappa shape index (κ1) is 24.3. The molecule has 0 heterocycles. The molecule has 0 unspecified atom stereocenters. The smallest absolute Gasteiger partial charge is 0.381 e. The second-order valence-electron chi connectivity index (χ2n) is 6.70. The van der Waals surface area contributed by atoms with Crippen molar-refractivity contribution in [1.82, 2.24) is 10.6 Å². The molecule has 4 N–H and O–H groups in total. The van der Waals surface area contributed by atoms with Crippen molar-refractivity contribution in [2.24, 2.45) is 0 Å². The van der Waals surface area contributed by atoms with Gasteiger partial charge in [0.25, 0.3) is 0 Å². The summed E-state index contributed by atoms with van der Waals surface area (Å²) in [5.74, 6) is 0. The maximum absolute atomic E-state index is 13.6. The Morgan fingerprint density at radius 3 is 2.10 bits per heavy atom. The van der Waals surface area contributed by atoms with E-state index in [1.54, 1.807) is 19.1 Å². The molecule has 5 nitrogen and oxygen atoms in total. The molecule has 2 aromatic carbocycles. The van der Waals surface area contributed by atoms with E-state index in [9.17, 15) is 36.2 Å². The number of carbonyl (C=O) groups excluding carboxylic acids is 1. The number of halogens is 6. The van der Waals surface area contributed by atoms with Crippen LogP contribution in [0.2, 0.25) is 0 Å². The molecule has 0 aliphatic rings. The molecule has 0 radical (unpaired) electrons. The standard InChI is InChI=1S/C20H21F6N3O2/c1-2-27-17(30)28-11-13-6-8-16(9-7-13)29-12-18(31,20(24,25)26)14-4-3-5-15(10-14)19(21,22)23/h3-10,29,31H,2,11-12H2,1H3,(H2,27,28,30)/t18-/m0/s1. The van der Waals surface area contributed by atoms with E-state index in [0.29, 0.717) is 18.2 Å². The number of anilines is 1. The fraction of sp³-hybridized carbons (Fsp3) is 0.350. The Hall–Kier alpha value is -2.95. The molecular formula is C20H21F6N3O2. The van der Waals surface area contributed by atoms with Gasteiger partial charge in [-0.3, -0.25) is 0 Å². The van der Waals surface area contributed by atoms with Gasteiger partial charge in [-0.25, -0.2) is 4.79 Å². The van der Waals surface area contributed by atoms with E-state index < -0.39 is 35.6 Å². The molecule has 0 aliphatic carbocycles. The molecule has 0 bridgehead atoms. The zero-order valence-corrected chi connectivity index (χ0v) is 16.4. The first-order valence-electron chi connectivity index (χ1n) is 9.18. The normalized spacial score (nSPS) is 13.9. The summed E-state index contributed by atoms with van der Waals surface area (Å²) in [6.07, 6.45) is -10.1. The van der Waals surface area contributed by atoms with Gasteiger partial charge in [-0.15, -0.1) is 0 Å². The summed E-state index contributed by atoms with van der Waals surface area (Å²) in [4.78, 5) is 11.4. The Balaban J connectivity index is 2.15. The summed E-state index contributed by atoms with van der Waals surface area (Å²) in [5, 5.41) is 17.8. The third-order valence-corrected chi connectivity index (χ3v) is 4.43. The highest BCUT2D eigenvalue weighted by Crippen LogP contribution is 2.41. The molecule has 2 rings (SSSR count). The molecule has 11 heteroatoms. The van der Waals surface area contributed by atoms with Crippen LogP contribution in [0.15, 0.2) is 48.5 Å². The van der Waals surface area contributed by atoms with Crippen LogP contribution < -0.4 is 16.0 Å². The number of urea groups is 1. The zero-order chi connectivity index (χ0) is 23.3. The van der Waals surface area contributed by atoms with Crippen molar-refractivity contribution in [3.8, 4) is 0 Å². The number of benzene rings is 2. The lowest BCUT2D eigenvalue weighted by Gasteiger charge is -2.32. The first-order chi connectivity index (χ1) is 14.4. The van der Waals surface area contributed by atoms with Crippen LogP contribution in [-0.2, 0) is 18.3 Å². The Bertz CT molecular complexity index is 884. The van der Waals surface area contributed by atoms with E-state index in [1.807, 2.05) is 0 Å². The Labute approximate surface area is 174 Å². The van der Waals surface area contributed by atoms with Crippen molar-refractivity contribution in [2.75, 3.05) is 18.4 Å². The highest BCUT2D eigenvalue weighted by molar-refractivity contribution is 5.73. The van der Waals surface area contributed by atoms with E-state index >= 15 is 0 Å². The molecule has 170 valence electrons. The molecule has 0 aliphatic heterocycles. The van der Waals surface area contributed by atoms with Crippen LogP contribution in [0.1, 0.15) is 23.6 Å². The molecule has 0 saturated carbocycles. The van der Waals surface area contributed by atoms with Crippen molar-refractivity contribution in [3.05, 3.63) is 65.2 Å². The summed E-state index contributed by atoms with van der Waals surface area (Å²) in [5.41, 5.74) is -4.90. The van der Waals surface area contributed by atoms with Crippen LogP contribution in [-0.4, -0.2) is 30.4 Å². The van der Waals surface area contributed by atoms with Crippen LogP contribution in [0.5, 0.6) is 0 Å². The number of rotatable bonds is 7. The minimum absolute atomic E-state index is 0.183. The number of amides is 2. The van der Waals surface area contributed by atoms with E-state index in [2.05, 4.69) is 16.0 Å². The summed E-state index contributed by atoms with van der Waals surface area (Å²) in [6.45, 7) is 1.28. The molecule has 1 atom stereocenters. The molecule has 2 amide bonds. The van der Waals surface area contributed by atoms with Gasteiger partial charge < -0.3 is 21.1 Å². The third kappa shape index (κ3) is 6.27. The van der Waals surface area contributed by atoms with Gasteiger partial charge in [-0.05, 0) is 42.3 Å². The maximum Gasteiger partial charge on any atom is 0.423 e. The number of hydrogen-bond donors (Lipinski definition) is 4. The number of hydrogen-bond acceptors (Lipinski definition) is 3. The Morgan fingerprint density at radius 2 is 1.55 bits per heavy atom. The van der Waals surface area contributed by atoms with E-state index in [-0.39, 0.29) is 24.3 Å². The van der Waals surface area contributed by atoms with Crippen molar-refractivity contribution < 1.29 is 36.2 Å². The fourth-order valence-electron chi connectivity index (χ4n) is 2.69. The van der Waals surface area contributed by atoms with Crippen molar-refractivity contribution in [3.63, 3.8) is 0 Å². The molecular weight excluding hydrogens is 428 g/mol. The second kappa shape index (κ2) is 9.46. The average Bonchev–Trinajstić information content (AvgIpc) is 2.70. The summed E-state index contributed by atoms with van der Waals surface area (Å²) in [6, 6.07) is 8.09. The molecule has 0 aromatic heterocycles. The van der Waals surface area contributed by atoms with Gasteiger partial charge in [0.1, 0.15) is 0 Å². The highest BCUT2D eigenvalue weighted by Gasteiger charge is 2.55. The Morgan fingerprint density at radius 1 is 0.935 bits per heavy atom. The van der Waals surface area contributed by atoms with Gasteiger partial charge in [0.2, 0.25) is 5.60 Å². The van der Waals surface area contributed by atoms with Crippen LogP contribution in [0, 0.1) is 0 Å². The lowest BCUT2D eigenvalue weighted by molar-refractivity contribution is -0.260. The predicted molar refractivity (Wildman–Crippen MR) is 102 cm³/mol. The predicted octanol–water partition coefficient (Wildman–Crippen LogP) is 4.39. The second-order valence-corrected chi connectivity index (χ2v) is 6.70. The van der Waals surface area contributed by atoms with Crippen LogP contribution >= 0.6 is 0 Å². The van der Waals surface area contributed by atoms with Gasteiger partial charge in [0, 0.05) is 18.8 Å². The van der Waals surface area contributed by atoms with Crippen molar-refractivity contribution in [2.45, 2.75) is 31.4 Å². The van der Waals surface area contributed by atoms with Gasteiger partial charge in [-0.1, -0.05) is 24.3 Å². The fourth-order valence-corrected chi connectivity index (χ4v) is 2.69.